The number of hydrogen-bond donors (Lipinski definition) is 2. The fourth-order valence-electron chi connectivity index (χ4n) is 4.06. The van der Waals surface area contributed by atoms with Gasteiger partial charge in [-0.05, 0) is 42.9 Å². The number of nitrogens with zero attached hydrogens (tertiary/aromatic N) is 2. The number of piperidine rings is 1. The quantitative estimate of drug-likeness (QED) is 0.718. The number of amides is 1. The van der Waals surface area contributed by atoms with E-state index >= 15 is 0 Å². The smallest absolute Gasteiger partial charge is 0.249 e. The molecule has 0 radical (unpaired) electrons. The maximum Gasteiger partial charge on any atom is 0.249 e. The molecule has 1 unspecified atom stereocenters. The maximum atomic E-state index is 11.9. The summed E-state index contributed by atoms with van der Waals surface area (Å²) in [6.45, 7) is 1.61. The van der Waals surface area contributed by atoms with Gasteiger partial charge in [-0.15, -0.1) is 0 Å². The first-order valence-electron chi connectivity index (χ1n) is 9.78. The van der Waals surface area contributed by atoms with Gasteiger partial charge in [0.15, 0.2) is 0 Å². The van der Waals surface area contributed by atoms with E-state index in [0.717, 1.165) is 42.7 Å². The summed E-state index contributed by atoms with van der Waals surface area (Å²) in [5.41, 5.74) is 8.05. The van der Waals surface area contributed by atoms with Crippen molar-refractivity contribution in [2.75, 3.05) is 18.0 Å². The van der Waals surface area contributed by atoms with Gasteiger partial charge in [-0.2, -0.15) is 0 Å². The van der Waals surface area contributed by atoms with Crippen LogP contribution in [0.3, 0.4) is 0 Å². The lowest BCUT2D eigenvalue weighted by Gasteiger charge is -2.35. The molecule has 1 atom stereocenters. The van der Waals surface area contributed by atoms with Gasteiger partial charge in [0.2, 0.25) is 5.91 Å². The number of aromatic nitrogens is 1. The first kappa shape index (κ1) is 18.4. The molecule has 28 heavy (non-hydrogen) atoms. The van der Waals surface area contributed by atoms with Crippen LogP contribution < -0.4 is 10.6 Å². The molecule has 144 valence electrons. The molecule has 1 amide bonds. The van der Waals surface area contributed by atoms with Crippen LogP contribution in [0.2, 0.25) is 0 Å². The molecular formula is C23H25N3O2. The van der Waals surface area contributed by atoms with Gasteiger partial charge in [0, 0.05) is 18.5 Å². The molecule has 0 spiro atoms. The summed E-state index contributed by atoms with van der Waals surface area (Å²) in [6, 6.07) is 19.5. The summed E-state index contributed by atoms with van der Waals surface area (Å²) in [7, 11) is 0. The van der Waals surface area contributed by atoms with Gasteiger partial charge in [-0.25, -0.2) is 4.98 Å². The van der Waals surface area contributed by atoms with Crippen molar-refractivity contribution in [1.29, 1.82) is 0 Å². The van der Waals surface area contributed by atoms with E-state index in [1.165, 1.54) is 5.56 Å². The number of carbonyl (C=O) groups excluding carboxylic acids is 1. The number of benzene rings is 2. The largest absolute Gasteiger partial charge is 0.392 e. The summed E-state index contributed by atoms with van der Waals surface area (Å²) in [5, 5.41) is 11.4. The Labute approximate surface area is 164 Å². The van der Waals surface area contributed by atoms with Crippen molar-refractivity contribution < 1.29 is 9.90 Å². The molecule has 2 aromatic carbocycles. The summed E-state index contributed by atoms with van der Waals surface area (Å²) in [4.78, 5) is 18.8. The molecule has 0 bridgehead atoms. The van der Waals surface area contributed by atoms with Gasteiger partial charge in [-0.3, -0.25) is 4.79 Å². The van der Waals surface area contributed by atoms with E-state index in [1.807, 2.05) is 42.5 Å². The lowest BCUT2D eigenvalue weighted by atomic mass is 9.88. The van der Waals surface area contributed by atoms with Gasteiger partial charge in [0.1, 0.15) is 5.82 Å². The number of para-hydroxylation sites is 1. The third-order valence-corrected chi connectivity index (χ3v) is 5.66. The van der Waals surface area contributed by atoms with E-state index in [4.69, 9.17) is 10.7 Å². The highest BCUT2D eigenvalue weighted by molar-refractivity contribution is 6.06. The van der Waals surface area contributed by atoms with Crippen LogP contribution in [0.1, 0.15) is 28.8 Å². The first-order chi connectivity index (χ1) is 13.6. The summed E-state index contributed by atoms with van der Waals surface area (Å²) >= 11 is 0. The molecule has 0 saturated carbocycles. The minimum atomic E-state index is -0.437. The number of nitrogens with two attached hydrogens (primary N) is 1. The zero-order valence-electron chi connectivity index (χ0n) is 15.8. The Morgan fingerprint density at radius 3 is 2.50 bits per heavy atom. The molecule has 0 aliphatic carbocycles. The molecule has 1 aliphatic heterocycles. The average Bonchev–Trinajstić information content (AvgIpc) is 2.73. The van der Waals surface area contributed by atoms with Crippen molar-refractivity contribution in [1.82, 2.24) is 4.98 Å². The summed E-state index contributed by atoms with van der Waals surface area (Å²) < 4.78 is 0. The minimum Gasteiger partial charge on any atom is -0.392 e. The van der Waals surface area contributed by atoms with Crippen molar-refractivity contribution >= 4 is 22.6 Å². The number of rotatable bonds is 5. The predicted octanol–water partition coefficient (Wildman–Crippen LogP) is 3.15. The minimum absolute atomic E-state index is 0.271. The van der Waals surface area contributed by atoms with Crippen molar-refractivity contribution in [2.45, 2.75) is 25.4 Å². The average molecular weight is 375 g/mol. The lowest BCUT2D eigenvalue weighted by molar-refractivity contribution is 0.0929. The third-order valence-electron chi connectivity index (χ3n) is 5.66. The molecule has 1 fully saturated rings. The monoisotopic (exact) mass is 375 g/mol. The van der Waals surface area contributed by atoms with Gasteiger partial charge in [-0.1, -0.05) is 48.5 Å². The Morgan fingerprint density at radius 1 is 1.11 bits per heavy atom. The highest BCUT2D eigenvalue weighted by Gasteiger charge is 2.26. The molecule has 3 aromatic rings. The molecule has 5 nitrogen and oxygen atoms in total. The van der Waals surface area contributed by atoms with E-state index in [0.29, 0.717) is 12.0 Å². The molecule has 1 saturated heterocycles. The third kappa shape index (κ3) is 3.85. The number of aliphatic hydroxyl groups excluding tert-OH is 1. The zero-order valence-corrected chi connectivity index (χ0v) is 15.8. The highest BCUT2D eigenvalue weighted by atomic mass is 16.3. The maximum absolute atomic E-state index is 11.9. The Morgan fingerprint density at radius 2 is 1.79 bits per heavy atom. The van der Waals surface area contributed by atoms with Crippen LogP contribution in [0.5, 0.6) is 0 Å². The van der Waals surface area contributed by atoms with Crippen LogP contribution in [0, 0.1) is 5.92 Å². The van der Waals surface area contributed by atoms with Crippen LogP contribution in [0.4, 0.5) is 5.82 Å². The Balaban J connectivity index is 1.47. The number of carbonyl (C=O) groups is 1. The van der Waals surface area contributed by atoms with Crippen LogP contribution in [0.25, 0.3) is 10.9 Å². The molecule has 2 heterocycles. The molecule has 4 rings (SSSR count). The first-order valence-corrected chi connectivity index (χ1v) is 9.78. The topological polar surface area (TPSA) is 79.5 Å². The van der Waals surface area contributed by atoms with Gasteiger partial charge in [0.05, 0.1) is 17.2 Å². The fourth-order valence-corrected chi connectivity index (χ4v) is 4.06. The summed E-state index contributed by atoms with van der Waals surface area (Å²) in [6.07, 6.45) is 2.14. The number of hydrogen-bond acceptors (Lipinski definition) is 4. The van der Waals surface area contributed by atoms with E-state index in [1.54, 1.807) is 6.07 Å². The molecule has 1 aromatic heterocycles. The summed E-state index contributed by atoms with van der Waals surface area (Å²) in [5.74, 6) is 0.615. The fraction of sp³-hybridized carbons (Fsp3) is 0.304. The number of anilines is 1. The number of pyridine rings is 1. The SMILES string of the molecule is NC(=O)c1cc(N2CCC(C(O)Cc3ccccc3)CC2)nc2ccccc12. The number of fused-ring (bicyclic) bond motifs is 1. The second-order valence-corrected chi connectivity index (χ2v) is 7.49. The van der Waals surface area contributed by atoms with Crippen molar-refractivity contribution in [3.8, 4) is 0 Å². The van der Waals surface area contributed by atoms with E-state index in [9.17, 15) is 9.90 Å². The molecule has 1 aliphatic rings. The van der Waals surface area contributed by atoms with Gasteiger partial charge >= 0.3 is 0 Å². The number of primary amides is 1. The lowest BCUT2D eigenvalue weighted by Crippen LogP contribution is -2.39. The number of aliphatic hydroxyl groups is 1. The van der Waals surface area contributed by atoms with E-state index in [-0.39, 0.29) is 12.0 Å². The zero-order chi connectivity index (χ0) is 19.5. The van der Waals surface area contributed by atoms with Crippen LogP contribution in [-0.2, 0) is 6.42 Å². The van der Waals surface area contributed by atoms with Crippen molar-refractivity contribution in [2.24, 2.45) is 11.7 Å². The standard InChI is InChI=1S/C23H25N3O2/c24-23(28)19-15-22(25-20-9-5-4-8-18(19)20)26-12-10-17(11-13-26)21(27)14-16-6-2-1-3-7-16/h1-9,15,17,21,27H,10-14H2,(H2,24,28). The van der Waals surface area contributed by atoms with E-state index < -0.39 is 5.91 Å². The van der Waals surface area contributed by atoms with E-state index in [2.05, 4.69) is 17.0 Å². The van der Waals surface area contributed by atoms with Gasteiger partial charge in [0.25, 0.3) is 0 Å². The van der Waals surface area contributed by atoms with Crippen molar-refractivity contribution in [3.05, 3.63) is 71.8 Å². The predicted molar refractivity (Wildman–Crippen MR) is 111 cm³/mol. The molecule has 5 heteroatoms. The van der Waals surface area contributed by atoms with Crippen LogP contribution >= 0.6 is 0 Å². The Kier molecular flexibility index (Phi) is 5.26. The second-order valence-electron chi connectivity index (χ2n) is 7.49. The van der Waals surface area contributed by atoms with Gasteiger partial charge < -0.3 is 15.7 Å². The second kappa shape index (κ2) is 7.98. The highest BCUT2D eigenvalue weighted by Crippen LogP contribution is 2.28. The van der Waals surface area contributed by atoms with Crippen LogP contribution in [-0.4, -0.2) is 35.2 Å². The Bertz CT molecular complexity index is 966. The molecular weight excluding hydrogens is 350 g/mol. The Hall–Kier alpha value is -2.92. The van der Waals surface area contributed by atoms with Crippen molar-refractivity contribution in [3.63, 3.8) is 0 Å². The molecule has 3 N–H and O–H groups in total. The normalized spacial score (nSPS) is 16.2. The van der Waals surface area contributed by atoms with Crippen LogP contribution in [0.15, 0.2) is 60.7 Å².